The van der Waals surface area contributed by atoms with Crippen LogP contribution in [-0.2, 0) is 10.0 Å². The second kappa shape index (κ2) is 5.53. The highest BCUT2D eigenvalue weighted by Gasteiger charge is 2.30. The monoisotopic (exact) mass is 325 g/mol. The van der Waals surface area contributed by atoms with Crippen molar-refractivity contribution in [1.29, 1.82) is 0 Å². The van der Waals surface area contributed by atoms with Crippen LogP contribution in [0, 0.1) is 0 Å². The summed E-state index contributed by atoms with van der Waals surface area (Å²) in [5.74, 6) is -0.587. The van der Waals surface area contributed by atoms with Gasteiger partial charge in [-0.1, -0.05) is 0 Å². The maximum atomic E-state index is 12.7. The highest BCUT2D eigenvalue weighted by atomic mass is 32.2. The number of fused-ring (bicyclic) bond motifs is 1. The fourth-order valence-corrected chi connectivity index (χ4v) is 4.32. The average molecular weight is 325 g/mol. The Hall–Kier alpha value is -1.64. The van der Waals surface area contributed by atoms with Crippen molar-refractivity contribution in [3.8, 4) is 0 Å². The first-order valence-corrected chi connectivity index (χ1v) is 8.61. The number of nitrogens with zero attached hydrogens (tertiary/aromatic N) is 2. The summed E-state index contributed by atoms with van der Waals surface area (Å²) < 4.78 is 31.8. The van der Waals surface area contributed by atoms with E-state index in [1.165, 1.54) is 16.4 Å². The van der Waals surface area contributed by atoms with Crippen LogP contribution in [0.25, 0.3) is 11.1 Å². The van der Waals surface area contributed by atoms with Crippen molar-refractivity contribution >= 4 is 21.1 Å². The Morgan fingerprint density at radius 2 is 1.95 bits per heavy atom. The van der Waals surface area contributed by atoms with Crippen molar-refractivity contribution in [2.75, 3.05) is 27.2 Å². The Kier molecular flexibility index (Phi) is 3.84. The van der Waals surface area contributed by atoms with Gasteiger partial charge in [-0.15, -0.1) is 0 Å². The predicted molar refractivity (Wildman–Crippen MR) is 82.3 cm³/mol. The summed E-state index contributed by atoms with van der Waals surface area (Å²) in [5, 5.41) is 0. The van der Waals surface area contributed by atoms with Crippen molar-refractivity contribution in [2.45, 2.75) is 23.8 Å². The number of piperidine rings is 1. The lowest BCUT2D eigenvalue weighted by molar-refractivity contribution is 0.196. The number of H-pyrrole nitrogens is 1. The summed E-state index contributed by atoms with van der Waals surface area (Å²) >= 11 is 0. The molecule has 1 aromatic carbocycles. The van der Waals surface area contributed by atoms with E-state index >= 15 is 0 Å². The summed E-state index contributed by atoms with van der Waals surface area (Å²) in [4.78, 5) is 16.0. The molecule has 1 aliphatic heterocycles. The van der Waals surface area contributed by atoms with Gasteiger partial charge in [-0.2, -0.15) is 4.31 Å². The molecule has 2 heterocycles. The lowest BCUT2D eigenvalue weighted by Gasteiger charge is -2.34. The van der Waals surface area contributed by atoms with Gasteiger partial charge in [0.1, 0.15) is 0 Å². The number of benzene rings is 1. The van der Waals surface area contributed by atoms with Gasteiger partial charge in [0, 0.05) is 25.2 Å². The number of rotatable bonds is 3. The molecular formula is C14H19N3O4S. The molecular weight excluding hydrogens is 306 g/mol. The van der Waals surface area contributed by atoms with Crippen LogP contribution >= 0.6 is 0 Å². The molecule has 1 fully saturated rings. The lowest BCUT2D eigenvalue weighted by Crippen LogP contribution is -2.44. The molecule has 0 aliphatic carbocycles. The van der Waals surface area contributed by atoms with Gasteiger partial charge in [-0.05, 0) is 39.1 Å². The number of aromatic amines is 1. The van der Waals surface area contributed by atoms with Crippen LogP contribution in [-0.4, -0.2) is 55.8 Å². The maximum Gasteiger partial charge on any atom is 0.417 e. The lowest BCUT2D eigenvalue weighted by atomic mass is 10.1. The van der Waals surface area contributed by atoms with E-state index < -0.39 is 15.8 Å². The molecule has 1 saturated heterocycles. The van der Waals surface area contributed by atoms with Gasteiger partial charge in [-0.3, -0.25) is 4.98 Å². The Balaban J connectivity index is 1.87. The number of oxazole rings is 1. The zero-order valence-corrected chi connectivity index (χ0v) is 13.4. The Bertz CT molecular complexity index is 829. The topological polar surface area (TPSA) is 86.6 Å². The molecule has 3 rings (SSSR count). The molecule has 2 aromatic rings. The molecule has 1 N–H and O–H groups in total. The van der Waals surface area contributed by atoms with Crippen LogP contribution in [0.1, 0.15) is 12.8 Å². The van der Waals surface area contributed by atoms with Gasteiger partial charge in [0.05, 0.1) is 10.4 Å². The van der Waals surface area contributed by atoms with Gasteiger partial charge in [-0.25, -0.2) is 13.2 Å². The standard InChI is InChI=1S/C14H19N3O4S/c1-16(2)10-5-7-17(8-6-10)22(19,20)11-3-4-12-13(9-11)21-14(18)15-12/h3-4,9-10H,5-8H2,1-2H3,(H,15,18). The quantitative estimate of drug-likeness (QED) is 0.903. The van der Waals surface area contributed by atoms with E-state index in [9.17, 15) is 13.2 Å². The molecule has 0 unspecified atom stereocenters. The molecule has 8 heteroatoms. The molecule has 0 atom stereocenters. The van der Waals surface area contributed by atoms with Crippen molar-refractivity contribution in [1.82, 2.24) is 14.2 Å². The minimum absolute atomic E-state index is 0.158. The molecule has 7 nitrogen and oxygen atoms in total. The summed E-state index contributed by atoms with van der Waals surface area (Å²) in [6.07, 6.45) is 1.63. The third kappa shape index (κ3) is 2.69. The minimum Gasteiger partial charge on any atom is -0.408 e. The summed E-state index contributed by atoms with van der Waals surface area (Å²) in [7, 11) is 0.467. The highest BCUT2D eigenvalue weighted by molar-refractivity contribution is 7.89. The third-order valence-electron chi connectivity index (χ3n) is 4.18. The van der Waals surface area contributed by atoms with E-state index in [1.54, 1.807) is 6.07 Å². The Labute approximate surface area is 128 Å². The van der Waals surface area contributed by atoms with Gasteiger partial charge in [0.2, 0.25) is 10.0 Å². The average Bonchev–Trinajstić information content (AvgIpc) is 2.86. The number of nitrogens with one attached hydrogen (secondary N) is 1. The molecule has 0 spiro atoms. The molecule has 1 aliphatic rings. The van der Waals surface area contributed by atoms with Crippen LogP contribution < -0.4 is 5.76 Å². The molecule has 0 bridgehead atoms. The fourth-order valence-electron chi connectivity index (χ4n) is 2.83. The van der Waals surface area contributed by atoms with Gasteiger partial charge < -0.3 is 9.32 Å². The van der Waals surface area contributed by atoms with Crippen molar-refractivity contribution in [3.63, 3.8) is 0 Å². The first-order chi connectivity index (χ1) is 10.4. The van der Waals surface area contributed by atoms with E-state index in [1.807, 2.05) is 14.1 Å². The second-order valence-corrected chi connectivity index (χ2v) is 7.71. The second-order valence-electron chi connectivity index (χ2n) is 5.77. The van der Waals surface area contributed by atoms with Gasteiger partial charge in [0.25, 0.3) is 0 Å². The molecule has 120 valence electrons. The fraction of sp³-hybridized carbons (Fsp3) is 0.500. The summed E-state index contributed by atoms with van der Waals surface area (Å²) in [6, 6.07) is 4.87. The van der Waals surface area contributed by atoms with Crippen LogP contribution in [0.2, 0.25) is 0 Å². The number of aromatic nitrogens is 1. The molecule has 1 aromatic heterocycles. The first kappa shape index (κ1) is 15.3. The highest BCUT2D eigenvalue weighted by Crippen LogP contribution is 2.24. The smallest absolute Gasteiger partial charge is 0.408 e. The third-order valence-corrected chi connectivity index (χ3v) is 6.08. The van der Waals surface area contributed by atoms with Gasteiger partial charge >= 0.3 is 5.76 Å². The van der Waals surface area contributed by atoms with E-state index in [0.717, 1.165) is 12.8 Å². The Morgan fingerprint density at radius 1 is 1.27 bits per heavy atom. The predicted octanol–water partition coefficient (Wildman–Crippen LogP) is 0.836. The maximum absolute atomic E-state index is 12.7. The SMILES string of the molecule is CN(C)C1CCN(S(=O)(=O)c2ccc3[nH]c(=O)oc3c2)CC1. The summed E-state index contributed by atoms with van der Waals surface area (Å²) in [6.45, 7) is 1.00. The number of sulfonamides is 1. The zero-order valence-electron chi connectivity index (χ0n) is 12.6. The molecule has 0 saturated carbocycles. The van der Waals surface area contributed by atoms with Crippen LogP contribution in [0.5, 0.6) is 0 Å². The zero-order chi connectivity index (χ0) is 15.9. The molecule has 0 radical (unpaired) electrons. The van der Waals surface area contributed by atoms with E-state index in [0.29, 0.717) is 24.6 Å². The molecule has 22 heavy (non-hydrogen) atoms. The minimum atomic E-state index is -3.55. The van der Waals surface area contributed by atoms with E-state index in [-0.39, 0.29) is 10.5 Å². The number of hydrogen-bond acceptors (Lipinski definition) is 5. The van der Waals surface area contributed by atoms with E-state index in [2.05, 4.69) is 9.88 Å². The normalized spacial score (nSPS) is 18.3. The summed E-state index contributed by atoms with van der Waals surface area (Å²) in [5.41, 5.74) is 0.754. The van der Waals surface area contributed by atoms with Crippen molar-refractivity contribution in [2.24, 2.45) is 0 Å². The van der Waals surface area contributed by atoms with E-state index in [4.69, 9.17) is 4.42 Å². The van der Waals surface area contributed by atoms with Crippen LogP contribution in [0.15, 0.2) is 32.3 Å². The van der Waals surface area contributed by atoms with Crippen molar-refractivity contribution < 1.29 is 12.8 Å². The van der Waals surface area contributed by atoms with Gasteiger partial charge in [0.15, 0.2) is 5.58 Å². The number of hydrogen-bond donors (Lipinski definition) is 1. The largest absolute Gasteiger partial charge is 0.417 e. The van der Waals surface area contributed by atoms with Crippen molar-refractivity contribution in [3.05, 3.63) is 28.7 Å². The molecule has 0 amide bonds. The van der Waals surface area contributed by atoms with Crippen LogP contribution in [0.3, 0.4) is 0 Å². The Morgan fingerprint density at radius 3 is 2.59 bits per heavy atom. The van der Waals surface area contributed by atoms with Crippen LogP contribution in [0.4, 0.5) is 0 Å². The first-order valence-electron chi connectivity index (χ1n) is 7.17.